The number of hydrogen-bond donors (Lipinski definition) is 2. The Morgan fingerprint density at radius 3 is 2.77 bits per heavy atom. The molecule has 1 amide bonds. The van der Waals surface area contributed by atoms with Crippen molar-refractivity contribution in [2.24, 2.45) is 0 Å². The van der Waals surface area contributed by atoms with Crippen molar-refractivity contribution in [3.63, 3.8) is 0 Å². The molecule has 31 heavy (non-hydrogen) atoms. The molecule has 0 aliphatic carbocycles. The van der Waals surface area contributed by atoms with Crippen LogP contribution in [0.25, 0.3) is 11.1 Å². The molecule has 0 radical (unpaired) electrons. The van der Waals surface area contributed by atoms with Gasteiger partial charge >= 0.3 is 5.76 Å². The summed E-state index contributed by atoms with van der Waals surface area (Å²) < 4.78 is 32.5. The molecule has 0 bridgehead atoms. The predicted octanol–water partition coefficient (Wildman–Crippen LogP) is 0.414. The minimum atomic E-state index is -3.40. The van der Waals surface area contributed by atoms with Gasteiger partial charge < -0.3 is 14.8 Å². The molecule has 1 aromatic heterocycles. The van der Waals surface area contributed by atoms with Gasteiger partial charge in [-0.1, -0.05) is 0 Å². The number of fused-ring (bicyclic) bond motifs is 1. The largest absolute Gasteiger partial charge is 0.419 e. The lowest BCUT2D eigenvalue weighted by Gasteiger charge is -2.47. The number of aromatic nitrogens is 1. The van der Waals surface area contributed by atoms with Crippen molar-refractivity contribution in [2.75, 3.05) is 37.8 Å². The predicted molar refractivity (Wildman–Crippen MR) is 115 cm³/mol. The monoisotopic (exact) mass is 452 g/mol. The van der Waals surface area contributed by atoms with Gasteiger partial charge in [0.2, 0.25) is 15.9 Å². The average molecular weight is 453 g/mol. The van der Waals surface area contributed by atoms with E-state index in [0.717, 1.165) is 6.42 Å². The fourth-order valence-electron chi connectivity index (χ4n) is 4.97. The van der Waals surface area contributed by atoms with Crippen molar-refractivity contribution in [2.45, 2.75) is 44.4 Å². The van der Waals surface area contributed by atoms with Gasteiger partial charge in [-0.3, -0.25) is 14.3 Å². The van der Waals surface area contributed by atoms with E-state index in [1.807, 2.05) is 11.8 Å². The highest BCUT2D eigenvalue weighted by Gasteiger charge is 2.52. The second-order valence-electron chi connectivity index (χ2n) is 8.39. The first-order valence-electron chi connectivity index (χ1n) is 10.5. The van der Waals surface area contributed by atoms with Crippen LogP contribution in [-0.2, 0) is 21.4 Å². The van der Waals surface area contributed by atoms with Crippen LogP contribution in [0, 0.1) is 0 Å². The molecule has 10 nitrogen and oxygen atoms in total. The van der Waals surface area contributed by atoms with Gasteiger partial charge in [-0.25, -0.2) is 13.2 Å². The molecule has 0 saturated carbocycles. The second-order valence-corrected chi connectivity index (χ2v) is 10.3. The SMILES string of the molecule is CCn1c(=O)oc2cc(NC(=O)CN3CC[C@@]4(CCCN4S(C)(=O)=O)[C@@H](O)C3)ccc21. The van der Waals surface area contributed by atoms with E-state index in [4.69, 9.17) is 4.42 Å². The highest BCUT2D eigenvalue weighted by molar-refractivity contribution is 7.88. The van der Waals surface area contributed by atoms with E-state index in [1.54, 1.807) is 18.2 Å². The Hall–Kier alpha value is -2.21. The molecule has 2 aromatic rings. The molecular weight excluding hydrogens is 424 g/mol. The number of oxazole rings is 1. The van der Waals surface area contributed by atoms with E-state index in [2.05, 4.69) is 5.32 Å². The maximum absolute atomic E-state index is 12.5. The number of anilines is 1. The summed E-state index contributed by atoms with van der Waals surface area (Å²) in [5.41, 5.74) is 0.821. The van der Waals surface area contributed by atoms with Crippen molar-refractivity contribution >= 4 is 32.7 Å². The molecule has 3 heterocycles. The summed E-state index contributed by atoms with van der Waals surface area (Å²) in [6.45, 7) is 3.59. The van der Waals surface area contributed by atoms with Crippen LogP contribution in [0.15, 0.2) is 27.4 Å². The van der Waals surface area contributed by atoms with Crippen LogP contribution < -0.4 is 11.1 Å². The summed E-state index contributed by atoms with van der Waals surface area (Å²) in [7, 11) is -3.40. The van der Waals surface area contributed by atoms with E-state index in [0.29, 0.717) is 49.3 Å². The molecule has 2 atom stereocenters. The molecule has 1 spiro atoms. The summed E-state index contributed by atoms with van der Waals surface area (Å²) in [6, 6.07) is 5.06. The third kappa shape index (κ3) is 4.02. The van der Waals surface area contributed by atoms with Crippen LogP contribution in [-0.4, -0.2) is 77.3 Å². The lowest BCUT2D eigenvalue weighted by Crippen LogP contribution is -2.63. The van der Waals surface area contributed by atoms with E-state index in [9.17, 15) is 23.1 Å². The Kier molecular flexibility index (Phi) is 5.71. The number of nitrogens with zero attached hydrogens (tertiary/aromatic N) is 3. The number of rotatable bonds is 5. The lowest BCUT2D eigenvalue weighted by molar-refractivity contribution is -0.119. The summed E-state index contributed by atoms with van der Waals surface area (Å²) in [5, 5.41) is 13.6. The number of amides is 1. The van der Waals surface area contributed by atoms with E-state index < -0.39 is 27.4 Å². The van der Waals surface area contributed by atoms with Crippen molar-refractivity contribution in [1.82, 2.24) is 13.8 Å². The highest BCUT2D eigenvalue weighted by atomic mass is 32.2. The van der Waals surface area contributed by atoms with Crippen LogP contribution >= 0.6 is 0 Å². The van der Waals surface area contributed by atoms with E-state index in [1.165, 1.54) is 15.1 Å². The molecule has 2 N–H and O–H groups in total. The third-order valence-corrected chi connectivity index (χ3v) is 7.76. The van der Waals surface area contributed by atoms with Gasteiger partial charge in [0.15, 0.2) is 5.58 Å². The Morgan fingerprint density at radius 1 is 1.32 bits per heavy atom. The van der Waals surface area contributed by atoms with Crippen molar-refractivity contribution in [3.05, 3.63) is 28.7 Å². The number of aryl methyl sites for hydroxylation is 1. The molecule has 2 aliphatic rings. The smallest absolute Gasteiger partial charge is 0.408 e. The molecule has 170 valence electrons. The maximum atomic E-state index is 12.5. The average Bonchev–Trinajstić information content (AvgIpc) is 3.25. The first-order chi connectivity index (χ1) is 14.6. The van der Waals surface area contributed by atoms with Crippen molar-refractivity contribution in [3.8, 4) is 0 Å². The number of benzene rings is 1. The molecular formula is C20H28N4O6S. The zero-order chi connectivity index (χ0) is 22.4. The van der Waals surface area contributed by atoms with Gasteiger partial charge in [-0.15, -0.1) is 0 Å². The van der Waals surface area contributed by atoms with Crippen molar-refractivity contribution < 1.29 is 22.7 Å². The molecule has 0 unspecified atom stereocenters. The fourth-order valence-corrected chi connectivity index (χ4v) is 6.40. The van der Waals surface area contributed by atoms with Crippen LogP contribution in [0.2, 0.25) is 0 Å². The normalized spacial score (nSPS) is 25.5. The summed E-state index contributed by atoms with van der Waals surface area (Å²) >= 11 is 0. The Labute approximate surface area is 180 Å². The highest BCUT2D eigenvalue weighted by Crippen LogP contribution is 2.40. The minimum absolute atomic E-state index is 0.0734. The Balaban J connectivity index is 1.40. The Morgan fingerprint density at radius 2 is 2.10 bits per heavy atom. The van der Waals surface area contributed by atoms with E-state index >= 15 is 0 Å². The molecule has 4 rings (SSSR count). The fraction of sp³-hybridized carbons (Fsp3) is 0.600. The number of likely N-dealkylation sites (tertiary alicyclic amines) is 1. The van der Waals surface area contributed by atoms with Gasteiger partial charge in [0, 0.05) is 37.9 Å². The molecule has 1 aromatic carbocycles. The van der Waals surface area contributed by atoms with Gasteiger partial charge in [0.05, 0.1) is 30.0 Å². The molecule has 2 aliphatic heterocycles. The summed E-state index contributed by atoms with van der Waals surface area (Å²) in [5.74, 6) is -0.696. The van der Waals surface area contributed by atoms with Gasteiger partial charge in [0.1, 0.15) is 0 Å². The first-order valence-corrected chi connectivity index (χ1v) is 12.3. The number of β-amino-alcohol motifs (C(OH)–C–C–N with tert-alkyl or cyclic N) is 1. The standard InChI is InChI=1S/C20H28N4O6S/c1-3-23-15-6-5-14(11-16(15)30-19(23)27)21-18(26)13-22-10-8-20(17(25)12-22)7-4-9-24(20)31(2,28)29/h5-6,11,17,25H,3-4,7-10,12-13H2,1-2H3,(H,21,26)/t17-,20-/m0/s1. The van der Waals surface area contributed by atoms with Crippen LogP contribution in [0.5, 0.6) is 0 Å². The number of aliphatic hydroxyl groups excluding tert-OH is 1. The summed E-state index contributed by atoms with van der Waals surface area (Å²) in [4.78, 5) is 26.2. The zero-order valence-electron chi connectivity index (χ0n) is 17.7. The number of hydrogen-bond acceptors (Lipinski definition) is 7. The van der Waals surface area contributed by atoms with Gasteiger partial charge in [0.25, 0.3) is 0 Å². The van der Waals surface area contributed by atoms with Crippen LogP contribution in [0.1, 0.15) is 26.2 Å². The quantitative estimate of drug-likeness (QED) is 0.673. The zero-order valence-corrected chi connectivity index (χ0v) is 18.5. The number of sulfonamides is 1. The maximum Gasteiger partial charge on any atom is 0.419 e. The van der Waals surface area contributed by atoms with Gasteiger partial charge in [-0.2, -0.15) is 4.31 Å². The number of piperidine rings is 1. The lowest BCUT2D eigenvalue weighted by atomic mass is 9.83. The molecule has 11 heteroatoms. The second kappa shape index (κ2) is 8.05. The number of carbonyl (C=O) groups excluding carboxylic acids is 1. The topological polar surface area (TPSA) is 125 Å². The van der Waals surface area contributed by atoms with Crippen molar-refractivity contribution in [1.29, 1.82) is 0 Å². The Bertz CT molecular complexity index is 1160. The molecule has 2 fully saturated rings. The van der Waals surface area contributed by atoms with E-state index in [-0.39, 0.29) is 19.0 Å². The number of nitrogens with one attached hydrogen (secondary N) is 1. The van der Waals surface area contributed by atoms with Crippen LogP contribution in [0.4, 0.5) is 5.69 Å². The van der Waals surface area contributed by atoms with Crippen LogP contribution in [0.3, 0.4) is 0 Å². The number of aliphatic hydroxyl groups is 1. The first kappa shape index (κ1) is 22.0. The van der Waals surface area contributed by atoms with Gasteiger partial charge in [-0.05, 0) is 38.3 Å². The molecule has 2 saturated heterocycles. The third-order valence-electron chi connectivity index (χ3n) is 6.42. The minimum Gasteiger partial charge on any atom is -0.408 e. The number of carbonyl (C=O) groups is 1. The summed E-state index contributed by atoms with van der Waals surface area (Å²) in [6.07, 6.45) is 2.16.